The Morgan fingerprint density at radius 2 is 1.72 bits per heavy atom. The van der Waals surface area contributed by atoms with Gasteiger partial charge in [-0.25, -0.2) is 14.8 Å². The van der Waals surface area contributed by atoms with Crippen LogP contribution in [0.1, 0.15) is 122 Å². The van der Waals surface area contributed by atoms with Gasteiger partial charge in [0, 0.05) is 53.8 Å². The fourth-order valence-electron chi connectivity index (χ4n) is 13.4. The fourth-order valence-corrected chi connectivity index (χ4v) is 14.6. The molecule has 3 N–H and O–H groups in total. The van der Waals surface area contributed by atoms with Gasteiger partial charge < -0.3 is 29.5 Å². The summed E-state index contributed by atoms with van der Waals surface area (Å²) < 4.78 is 21.0. The standard InChI is InChI=1S/C53H59N13O5S/c1-63-39-22-33(6-7-36(39)49(61-63)66-19-10-41(67)58-50(66)68)32-8-17-65(18-9-32)34-24-51(25-34)15-20-64(21-16-51)29-52(13-14-52)30-69-42-23-43(70-35-27-56-31-57-28-35)60-48(59-42)45-37-4-2-11-53(46(37)71-62-45)12-3-5-40-44(53)38(26-54)47(55)72-40/h6-7,22-23,27-28,31-32,34H,2-5,8-21,24-25,29-30,55H2,1H3,(H,58,67,68)/t53-/m0/s1. The van der Waals surface area contributed by atoms with Gasteiger partial charge in [-0.3, -0.25) is 19.7 Å². The van der Waals surface area contributed by atoms with Crippen molar-refractivity contribution in [3.8, 4) is 35.1 Å². The Kier molecular flexibility index (Phi) is 11.1. The number of amides is 3. The Labute approximate surface area is 421 Å². The molecule has 3 aliphatic heterocycles. The molecule has 7 aliphatic rings. The number of nitriles is 1. The van der Waals surface area contributed by atoms with Gasteiger partial charge in [-0.15, -0.1) is 11.3 Å². The number of aryl methyl sites for hydroxylation is 2. The van der Waals surface area contributed by atoms with Crippen molar-refractivity contribution in [2.45, 2.75) is 114 Å². The molecule has 5 aromatic heterocycles. The summed E-state index contributed by atoms with van der Waals surface area (Å²) in [7, 11) is 1.93. The molecule has 3 amide bonds. The van der Waals surface area contributed by atoms with Crippen molar-refractivity contribution in [1.82, 2.24) is 50.0 Å². The van der Waals surface area contributed by atoms with Crippen LogP contribution >= 0.6 is 11.3 Å². The van der Waals surface area contributed by atoms with Crippen molar-refractivity contribution >= 4 is 45.0 Å². The SMILES string of the molecule is Cn1nc(N2CCC(=O)NC2=O)c2ccc(C3CCN(C4CC5(CCN(CC6(COc7cc(Oc8cncnc8)nc(-c8noc9c8CCC[C@@]98CCCc9sc(N)c(C#N)c98)n7)CC6)CC5)C4)CC3)cc21. The number of urea groups is 1. The van der Waals surface area contributed by atoms with Gasteiger partial charge in [-0.1, -0.05) is 11.2 Å². The molecule has 372 valence electrons. The monoisotopic (exact) mass is 989 g/mol. The number of anilines is 2. The molecule has 2 spiro atoms. The topological polar surface area (TPSA) is 220 Å². The molecule has 5 fully saturated rings. The highest BCUT2D eigenvalue weighted by molar-refractivity contribution is 7.16. The van der Waals surface area contributed by atoms with Crippen LogP contribution in [-0.2, 0) is 30.1 Å². The van der Waals surface area contributed by atoms with Gasteiger partial charge in [0.15, 0.2) is 28.8 Å². The van der Waals surface area contributed by atoms with Crippen molar-refractivity contribution in [3.05, 3.63) is 75.9 Å². The van der Waals surface area contributed by atoms with Crippen LogP contribution < -0.4 is 25.4 Å². The summed E-state index contributed by atoms with van der Waals surface area (Å²) in [5, 5.41) is 23.5. The summed E-state index contributed by atoms with van der Waals surface area (Å²) in [6.45, 7) is 6.39. The van der Waals surface area contributed by atoms with Crippen LogP contribution in [0.5, 0.6) is 17.5 Å². The van der Waals surface area contributed by atoms with Crippen molar-refractivity contribution in [3.63, 3.8) is 0 Å². The molecule has 0 unspecified atom stereocenters. The normalized spacial score (nSPS) is 23.1. The predicted molar refractivity (Wildman–Crippen MR) is 268 cm³/mol. The predicted octanol–water partition coefficient (Wildman–Crippen LogP) is 7.80. The van der Waals surface area contributed by atoms with E-state index >= 15 is 0 Å². The highest BCUT2D eigenvalue weighted by atomic mass is 32.1. The highest BCUT2D eigenvalue weighted by Crippen LogP contribution is 2.56. The third-order valence-electron chi connectivity index (χ3n) is 17.5. The smallest absolute Gasteiger partial charge is 0.329 e. The number of fused-ring (bicyclic) bond motifs is 5. The summed E-state index contributed by atoms with van der Waals surface area (Å²) in [6, 6.07) is 11.0. The van der Waals surface area contributed by atoms with Gasteiger partial charge in [-0.2, -0.15) is 20.3 Å². The zero-order chi connectivity index (χ0) is 48.8. The summed E-state index contributed by atoms with van der Waals surface area (Å²) >= 11 is 1.53. The van der Waals surface area contributed by atoms with E-state index < -0.39 is 11.4 Å². The Morgan fingerprint density at radius 1 is 0.944 bits per heavy atom. The number of likely N-dealkylation sites (tertiary alicyclic amines) is 2. The van der Waals surface area contributed by atoms with Gasteiger partial charge in [0.2, 0.25) is 17.7 Å². The number of carbonyl (C=O) groups excluding carboxylic acids is 2. The average molecular weight is 990 g/mol. The largest absolute Gasteiger partial charge is 0.477 e. The van der Waals surface area contributed by atoms with Gasteiger partial charge >= 0.3 is 6.03 Å². The maximum absolute atomic E-state index is 12.6. The molecular formula is C53H59N13O5S. The number of benzene rings is 1. The van der Waals surface area contributed by atoms with E-state index in [4.69, 9.17) is 34.8 Å². The maximum atomic E-state index is 12.6. The molecule has 19 heteroatoms. The minimum atomic E-state index is -0.459. The van der Waals surface area contributed by atoms with E-state index in [-0.39, 0.29) is 17.7 Å². The maximum Gasteiger partial charge on any atom is 0.329 e. The minimum Gasteiger partial charge on any atom is -0.477 e. The molecule has 72 heavy (non-hydrogen) atoms. The van der Waals surface area contributed by atoms with E-state index in [9.17, 15) is 14.9 Å². The number of ether oxygens (including phenoxy) is 2. The lowest BCUT2D eigenvalue weighted by molar-refractivity contribution is -0.120. The van der Waals surface area contributed by atoms with Crippen LogP contribution in [0, 0.1) is 22.2 Å². The number of nitrogens with zero attached hydrogens (tertiary/aromatic N) is 11. The molecule has 0 radical (unpaired) electrons. The lowest BCUT2D eigenvalue weighted by atomic mass is 9.59. The number of rotatable bonds is 11. The first-order valence-corrected chi connectivity index (χ1v) is 26.7. The Hall–Kier alpha value is -6.49. The van der Waals surface area contributed by atoms with Crippen LogP contribution in [0.15, 0.2) is 47.5 Å². The van der Waals surface area contributed by atoms with E-state index in [1.807, 2.05) is 11.7 Å². The molecule has 0 bridgehead atoms. The van der Waals surface area contributed by atoms with Crippen LogP contribution in [0.25, 0.3) is 22.4 Å². The molecule has 6 aromatic rings. The highest BCUT2D eigenvalue weighted by Gasteiger charge is 2.52. The zero-order valence-electron chi connectivity index (χ0n) is 40.7. The van der Waals surface area contributed by atoms with E-state index in [2.05, 4.69) is 54.5 Å². The van der Waals surface area contributed by atoms with Crippen LogP contribution in [-0.4, -0.2) is 109 Å². The molecule has 4 aliphatic carbocycles. The molecule has 1 atom stereocenters. The Bertz CT molecular complexity index is 3130. The van der Waals surface area contributed by atoms with Gasteiger partial charge in [0.25, 0.3) is 0 Å². The summed E-state index contributed by atoms with van der Waals surface area (Å²) in [5.41, 5.74) is 12.0. The molecule has 13 rings (SSSR count). The number of aromatic nitrogens is 7. The third kappa shape index (κ3) is 7.97. The quantitative estimate of drug-likeness (QED) is 0.126. The first-order valence-electron chi connectivity index (χ1n) is 25.9. The lowest BCUT2D eigenvalue weighted by Gasteiger charge is -2.56. The number of nitrogen functional groups attached to an aromatic ring is 1. The second-order valence-corrected chi connectivity index (χ2v) is 23.0. The number of hydrogen-bond donors (Lipinski definition) is 2. The number of nitrogens with one attached hydrogen (secondary N) is 1. The molecular weight excluding hydrogens is 931 g/mol. The second-order valence-electron chi connectivity index (χ2n) is 21.8. The van der Waals surface area contributed by atoms with Gasteiger partial charge in [-0.05, 0) is 151 Å². The molecule has 2 saturated carbocycles. The molecule has 1 aromatic carbocycles. The number of thiophene rings is 1. The average Bonchev–Trinajstić information content (AvgIpc) is 3.66. The number of imide groups is 1. The number of nitrogens with two attached hydrogens (primary N) is 1. The fraction of sp³-hybridized carbons (Fsp3) is 0.528. The Morgan fingerprint density at radius 3 is 2.49 bits per heavy atom. The van der Waals surface area contributed by atoms with Crippen LogP contribution in [0.3, 0.4) is 0 Å². The van der Waals surface area contributed by atoms with Crippen LogP contribution in [0.4, 0.5) is 15.6 Å². The van der Waals surface area contributed by atoms with Crippen LogP contribution in [0.2, 0.25) is 0 Å². The van der Waals surface area contributed by atoms with Gasteiger partial charge in [0.1, 0.15) is 17.4 Å². The summed E-state index contributed by atoms with van der Waals surface area (Å²) in [6.07, 6.45) is 19.8. The Balaban J connectivity index is 0.634. The van der Waals surface area contributed by atoms with Crippen molar-refractivity contribution in [1.29, 1.82) is 5.26 Å². The molecule has 18 nitrogen and oxygen atoms in total. The summed E-state index contributed by atoms with van der Waals surface area (Å²) in [5.74, 6) is 3.22. The lowest BCUT2D eigenvalue weighted by Crippen LogP contribution is -2.56. The van der Waals surface area contributed by atoms with Crippen molar-refractivity contribution in [2.24, 2.45) is 17.9 Å². The van der Waals surface area contributed by atoms with E-state index in [0.29, 0.717) is 75.9 Å². The first kappa shape index (κ1) is 45.4. The third-order valence-corrected chi connectivity index (χ3v) is 18.6. The van der Waals surface area contributed by atoms with Crippen molar-refractivity contribution in [2.75, 3.05) is 56.5 Å². The number of hydrogen-bond acceptors (Lipinski definition) is 16. The number of carbonyl (C=O) groups is 2. The van der Waals surface area contributed by atoms with E-state index in [1.165, 1.54) is 53.8 Å². The van der Waals surface area contributed by atoms with E-state index in [0.717, 1.165) is 125 Å². The molecule has 3 saturated heterocycles. The zero-order valence-corrected chi connectivity index (χ0v) is 41.5. The first-order chi connectivity index (χ1) is 35.1. The van der Waals surface area contributed by atoms with E-state index in [1.54, 1.807) is 23.4 Å². The summed E-state index contributed by atoms with van der Waals surface area (Å²) in [4.78, 5) is 50.6. The molecule has 8 heterocycles. The van der Waals surface area contributed by atoms with Crippen molar-refractivity contribution < 1.29 is 23.6 Å². The number of piperidine rings is 2. The second kappa shape index (κ2) is 17.6. The minimum absolute atomic E-state index is 0.0738. The van der Waals surface area contributed by atoms with Gasteiger partial charge in [0.05, 0.1) is 41.6 Å².